The third kappa shape index (κ3) is 3.57. The smallest absolute Gasteiger partial charge is 0.420 e. The Balaban J connectivity index is 1.50. The molecule has 31 heavy (non-hydrogen) atoms. The first kappa shape index (κ1) is 19.4. The number of furan rings is 1. The number of aryl methyl sites for hydroxylation is 1. The number of hydrogen-bond acceptors (Lipinski definition) is 5. The van der Waals surface area contributed by atoms with Gasteiger partial charge in [0.25, 0.3) is 5.91 Å². The number of halogens is 1. The Morgan fingerprint density at radius 2 is 2.00 bits per heavy atom. The maximum atomic E-state index is 13.3. The molecule has 0 spiro atoms. The minimum atomic E-state index is -0.623. The minimum absolute atomic E-state index is 0.213. The van der Waals surface area contributed by atoms with E-state index in [1.54, 1.807) is 30.5 Å². The number of hydrazone groups is 1. The van der Waals surface area contributed by atoms with Gasteiger partial charge in [0, 0.05) is 17.5 Å². The van der Waals surface area contributed by atoms with E-state index in [0.29, 0.717) is 28.3 Å². The molecular weight excluding hydrogens is 418 g/mol. The fourth-order valence-corrected chi connectivity index (χ4v) is 3.92. The molecule has 0 N–H and O–H groups in total. The van der Waals surface area contributed by atoms with Gasteiger partial charge < -0.3 is 8.83 Å². The van der Waals surface area contributed by atoms with Gasteiger partial charge in [-0.25, -0.2) is 9.80 Å². The predicted octanol–water partition coefficient (Wildman–Crippen LogP) is 4.53. The van der Waals surface area contributed by atoms with Crippen molar-refractivity contribution in [3.8, 4) is 0 Å². The third-order valence-electron chi connectivity index (χ3n) is 5.35. The summed E-state index contributed by atoms with van der Waals surface area (Å²) in [5, 5.41) is 6.45. The normalized spacial score (nSPS) is 16.1. The van der Waals surface area contributed by atoms with Gasteiger partial charge in [-0.05, 0) is 36.8 Å². The van der Waals surface area contributed by atoms with Gasteiger partial charge in [0.15, 0.2) is 5.58 Å². The number of rotatable bonds is 4. The van der Waals surface area contributed by atoms with Crippen molar-refractivity contribution in [3.63, 3.8) is 0 Å². The standard InChI is InChI=1S/C23H18ClN3O4/c1-14-4-6-15(7-5-14)17-12-19(20-3-2-10-30-20)27(25-17)22(28)13-26-18-9-8-16(24)11-21(18)31-23(26)29/h2-11,19H,12-13H2,1H3/t19-/m1/s1. The second-order valence-electron chi connectivity index (χ2n) is 7.45. The van der Waals surface area contributed by atoms with Crippen molar-refractivity contribution in [2.24, 2.45) is 5.10 Å². The Kier molecular flexibility index (Phi) is 4.75. The molecule has 0 fully saturated rings. The molecule has 1 aliphatic rings. The van der Waals surface area contributed by atoms with Gasteiger partial charge in [-0.3, -0.25) is 9.36 Å². The first-order valence-corrected chi connectivity index (χ1v) is 10.2. The van der Waals surface area contributed by atoms with Crippen LogP contribution in [0.5, 0.6) is 0 Å². The number of carbonyl (C=O) groups is 1. The zero-order chi connectivity index (χ0) is 21.5. The monoisotopic (exact) mass is 435 g/mol. The summed E-state index contributed by atoms with van der Waals surface area (Å²) in [5.41, 5.74) is 3.70. The van der Waals surface area contributed by atoms with E-state index < -0.39 is 5.76 Å². The van der Waals surface area contributed by atoms with Gasteiger partial charge in [0.1, 0.15) is 18.3 Å². The molecule has 1 atom stereocenters. The maximum absolute atomic E-state index is 13.3. The summed E-state index contributed by atoms with van der Waals surface area (Å²) in [7, 11) is 0. The number of fused-ring (bicyclic) bond motifs is 1. The molecule has 4 aromatic rings. The zero-order valence-electron chi connectivity index (χ0n) is 16.6. The second kappa shape index (κ2) is 7.59. The molecular formula is C23H18ClN3O4. The Hall–Kier alpha value is -3.58. The van der Waals surface area contributed by atoms with E-state index in [1.165, 1.54) is 9.58 Å². The summed E-state index contributed by atoms with van der Waals surface area (Å²) >= 11 is 5.98. The van der Waals surface area contributed by atoms with E-state index in [2.05, 4.69) is 5.10 Å². The lowest BCUT2D eigenvalue weighted by atomic mass is 10.0. The Morgan fingerprint density at radius 1 is 1.19 bits per heavy atom. The SMILES string of the molecule is Cc1ccc(C2=NN(C(=O)Cn3c(=O)oc4cc(Cl)ccc43)[C@@H](c3ccco3)C2)cc1. The minimum Gasteiger partial charge on any atom is -0.467 e. The van der Waals surface area contributed by atoms with Gasteiger partial charge in [-0.15, -0.1) is 0 Å². The molecule has 1 aliphatic heterocycles. The lowest BCUT2D eigenvalue weighted by Crippen LogP contribution is -2.32. The zero-order valence-corrected chi connectivity index (χ0v) is 17.4. The number of benzene rings is 2. The van der Waals surface area contributed by atoms with Gasteiger partial charge in [-0.1, -0.05) is 41.4 Å². The average molecular weight is 436 g/mol. The highest BCUT2D eigenvalue weighted by Crippen LogP contribution is 2.33. The highest BCUT2D eigenvalue weighted by Gasteiger charge is 2.35. The van der Waals surface area contributed by atoms with E-state index in [9.17, 15) is 9.59 Å². The molecule has 156 valence electrons. The van der Waals surface area contributed by atoms with Crippen LogP contribution in [-0.4, -0.2) is 21.2 Å². The van der Waals surface area contributed by atoms with Crippen molar-refractivity contribution < 1.29 is 13.6 Å². The first-order valence-electron chi connectivity index (χ1n) is 9.78. The lowest BCUT2D eigenvalue weighted by Gasteiger charge is -2.19. The molecule has 0 radical (unpaired) electrons. The quantitative estimate of drug-likeness (QED) is 0.471. The van der Waals surface area contributed by atoms with Crippen molar-refractivity contribution in [2.45, 2.75) is 25.9 Å². The Bertz CT molecular complexity index is 1350. The van der Waals surface area contributed by atoms with Gasteiger partial charge >= 0.3 is 5.76 Å². The molecule has 5 rings (SSSR count). The molecule has 0 saturated heterocycles. The summed E-state index contributed by atoms with van der Waals surface area (Å²) < 4.78 is 12.1. The highest BCUT2D eigenvalue weighted by atomic mass is 35.5. The van der Waals surface area contributed by atoms with Crippen molar-refractivity contribution in [3.05, 3.63) is 93.3 Å². The molecule has 2 aromatic carbocycles. The number of amides is 1. The van der Waals surface area contributed by atoms with Crippen LogP contribution in [0.15, 0.2) is 79.6 Å². The Labute approximate surface area is 182 Å². The van der Waals surface area contributed by atoms with Gasteiger partial charge in [0.2, 0.25) is 0 Å². The van der Waals surface area contributed by atoms with Crippen molar-refractivity contribution in [1.29, 1.82) is 0 Å². The van der Waals surface area contributed by atoms with E-state index in [-0.39, 0.29) is 18.5 Å². The van der Waals surface area contributed by atoms with Crippen LogP contribution in [0.1, 0.15) is 29.3 Å². The lowest BCUT2D eigenvalue weighted by molar-refractivity contribution is -0.134. The summed E-state index contributed by atoms with van der Waals surface area (Å²) in [6.07, 6.45) is 2.08. The summed E-state index contributed by atoms with van der Waals surface area (Å²) in [5.74, 6) is -0.333. The molecule has 8 heteroatoms. The van der Waals surface area contributed by atoms with Crippen LogP contribution in [0, 0.1) is 6.92 Å². The molecule has 2 aromatic heterocycles. The molecule has 0 aliphatic carbocycles. The number of nitrogens with zero attached hydrogens (tertiary/aromatic N) is 3. The molecule has 1 amide bonds. The highest BCUT2D eigenvalue weighted by molar-refractivity contribution is 6.31. The summed E-state index contributed by atoms with van der Waals surface area (Å²) in [6, 6.07) is 16.0. The van der Waals surface area contributed by atoms with Gasteiger partial charge in [-0.2, -0.15) is 5.10 Å². The van der Waals surface area contributed by atoms with E-state index in [0.717, 1.165) is 16.8 Å². The number of oxazole rings is 1. The topological polar surface area (TPSA) is 81.0 Å². The summed E-state index contributed by atoms with van der Waals surface area (Å²) in [4.78, 5) is 25.6. The molecule has 0 unspecified atom stereocenters. The van der Waals surface area contributed by atoms with Crippen molar-refractivity contribution >= 4 is 34.3 Å². The van der Waals surface area contributed by atoms with Crippen LogP contribution >= 0.6 is 11.6 Å². The van der Waals surface area contributed by atoms with Crippen LogP contribution in [0.2, 0.25) is 5.02 Å². The number of carbonyl (C=O) groups excluding carboxylic acids is 1. The van der Waals surface area contributed by atoms with E-state index >= 15 is 0 Å². The van der Waals surface area contributed by atoms with Crippen LogP contribution in [0.4, 0.5) is 0 Å². The second-order valence-corrected chi connectivity index (χ2v) is 7.89. The fraction of sp³-hybridized carbons (Fsp3) is 0.174. The molecule has 7 nitrogen and oxygen atoms in total. The molecule has 0 bridgehead atoms. The third-order valence-corrected chi connectivity index (χ3v) is 5.58. The largest absolute Gasteiger partial charge is 0.467 e. The fourth-order valence-electron chi connectivity index (χ4n) is 3.76. The van der Waals surface area contributed by atoms with Crippen LogP contribution in [0.3, 0.4) is 0 Å². The van der Waals surface area contributed by atoms with Crippen LogP contribution in [-0.2, 0) is 11.3 Å². The first-order chi connectivity index (χ1) is 15.0. The molecule has 3 heterocycles. The van der Waals surface area contributed by atoms with Crippen LogP contribution < -0.4 is 5.76 Å². The number of aromatic nitrogens is 1. The number of hydrogen-bond donors (Lipinski definition) is 0. The maximum Gasteiger partial charge on any atom is 0.420 e. The van der Waals surface area contributed by atoms with Crippen LogP contribution in [0.25, 0.3) is 11.1 Å². The van der Waals surface area contributed by atoms with E-state index in [4.69, 9.17) is 20.4 Å². The molecule has 0 saturated carbocycles. The van der Waals surface area contributed by atoms with Crippen molar-refractivity contribution in [1.82, 2.24) is 9.58 Å². The van der Waals surface area contributed by atoms with Crippen molar-refractivity contribution in [2.75, 3.05) is 0 Å². The average Bonchev–Trinajstić information content (AvgIpc) is 3.47. The Morgan fingerprint density at radius 3 is 2.74 bits per heavy atom. The van der Waals surface area contributed by atoms with E-state index in [1.807, 2.05) is 37.3 Å². The van der Waals surface area contributed by atoms with Gasteiger partial charge in [0.05, 0.1) is 17.5 Å². The summed E-state index contributed by atoms with van der Waals surface area (Å²) in [6.45, 7) is 1.80. The predicted molar refractivity (Wildman–Crippen MR) is 116 cm³/mol.